The summed E-state index contributed by atoms with van der Waals surface area (Å²) >= 11 is 0. The Morgan fingerprint density at radius 1 is 1.03 bits per heavy atom. The summed E-state index contributed by atoms with van der Waals surface area (Å²) in [6, 6.07) is 20.9. The Hall–Kier alpha value is -3.71. The molecule has 1 aliphatic heterocycles. The molecule has 33 heavy (non-hydrogen) atoms. The third-order valence-electron chi connectivity index (χ3n) is 5.44. The second kappa shape index (κ2) is 10.7. The maximum absolute atomic E-state index is 13.1. The second-order valence-electron chi connectivity index (χ2n) is 7.89. The molecule has 0 saturated carbocycles. The van der Waals surface area contributed by atoms with E-state index >= 15 is 0 Å². The highest BCUT2D eigenvalue weighted by Gasteiger charge is 2.20. The summed E-state index contributed by atoms with van der Waals surface area (Å²) in [5.74, 6) is -0.0802. The molecule has 170 valence electrons. The van der Waals surface area contributed by atoms with Crippen LogP contribution in [0, 0.1) is 6.92 Å². The largest absolute Gasteiger partial charge is 0.452 e. The number of hydrogen-bond acceptors (Lipinski definition) is 6. The van der Waals surface area contributed by atoms with Crippen LogP contribution in [0.25, 0.3) is 0 Å². The van der Waals surface area contributed by atoms with E-state index in [1.807, 2.05) is 61.5 Å². The normalized spacial score (nSPS) is 13.4. The van der Waals surface area contributed by atoms with Crippen LogP contribution < -0.4 is 9.80 Å². The maximum atomic E-state index is 13.1. The zero-order chi connectivity index (χ0) is 23.0. The molecule has 1 amide bonds. The zero-order valence-electron chi connectivity index (χ0n) is 18.6. The predicted molar refractivity (Wildman–Crippen MR) is 126 cm³/mol. The van der Waals surface area contributed by atoms with Gasteiger partial charge in [0.25, 0.3) is 5.91 Å². The van der Waals surface area contributed by atoms with Crippen LogP contribution in [0.5, 0.6) is 0 Å². The lowest BCUT2D eigenvalue weighted by atomic mass is 10.1. The number of nitrogens with zero attached hydrogens (tertiary/aromatic N) is 3. The topological polar surface area (TPSA) is 72.0 Å². The van der Waals surface area contributed by atoms with E-state index in [1.54, 1.807) is 17.0 Å². The van der Waals surface area contributed by atoms with Gasteiger partial charge in [-0.15, -0.1) is 0 Å². The van der Waals surface area contributed by atoms with Crippen LogP contribution >= 0.6 is 0 Å². The van der Waals surface area contributed by atoms with Gasteiger partial charge in [-0.3, -0.25) is 4.79 Å². The molecule has 4 rings (SSSR count). The fourth-order valence-electron chi connectivity index (χ4n) is 3.66. The molecule has 3 aromatic rings. The van der Waals surface area contributed by atoms with Crippen LogP contribution in [0.4, 0.5) is 11.5 Å². The molecule has 1 saturated heterocycles. The summed E-state index contributed by atoms with van der Waals surface area (Å²) in [6.07, 6.45) is 1.49. The molecule has 0 radical (unpaired) electrons. The van der Waals surface area contributed by atoms with Gasteiger partial charge < -0.3 is 19.3 Å². The standard InChI is InChI=1S/C26H27N3O4/c1-20-6-5-9-23(16-20)29(18-21-7-3-2-4-8-21)25(30)19-33-26(31)22-10-11-24(27-17-22)28-12-14-32-15-13-28/h2-11,16-17H,12-15,18-19H2,1H3. The molecule has 7 heteroatoms. The third-order valence-corrected chi connectivity index (χ3v) is 5.44. The van der Waals surface area contributed by atoms with Crippen LogP contribution in [0.3, 0.4) is 0 Å². The number of anilines is 2. The Labute approximate surface area is 193 Å². The van der Waals surface area contributed by atoms with Crippen molar-refractivity contribution < 1.29 is 19.1 Å². The summed E-state index contributed by atoms with van der Waals surface area (Å²) in [4.78, 5) is 33.7. The SMILES string of the molecule is Cc1cccc(N(Cc2ccccc2)C(=O)COC(=O)c2ccc(N3CCOCC3)nc2)c1. The number of pyridine rings is 1. The molecule has 2 heterocycles. The van der Waals surface area contributed by atoms with E-state index in [2.05, 4.69) is 9.88 Å². The van der Waals surface area contributed by atoms with Crippen molar-refractivity contribution >= 4 is 23.4 Å². The number of rotatable bonds is 7. The maximum Gasteiger partial charge on any atom is 0.340 e. The molecule has 0 atom stereocenters. The van der Waals surface area contributed by atoms with Crippen molar-refractivity contribution in [2.24, 2.45) is 0 Å². The smallest absolute Gasteiger partial charge is 0.340 e. The van der Waals surface area contributed by atoms with Crippen molar-refractivity contribution in [3.05, 3.63) is 89.6 Å². The van der Waals surface area contributed by atoms with Crippen LogP contribution in [-0.2, 0) is 20.8 Å². The van der Waals surface area contributed by atoms with Crippen LogP contribution in [0.2, 0.25) is 0 Å². The first-order chi connectivity index (χ1) is 16.1. The summed E-state index contributed by atoms with van der Waals surface area (Å²) in [5, 5.41) is 0. The average molecular weight is 446 g/mol. The lowest BCUT2D eigenvalue weighted by Crippen LogP contribution is -2.36. The number of aryl methyl sites for hydroxylation is 1. The lowest BCUT2D eigenvalue weighted by Gasteiger charge is -2.27. The van der Waals surface area contributed by atoms with Gasteiger partial charge in [-0.2, -0.15) is 0 Å². The molecule has 1 aliphatic rings. The molecule has 0 spiro atoms. The van der Waals surface area contributed by atoms with Gasteiger partial charge in [0.1, 0.15) is 5.82 Å². The van der Waals surface area contributed by atoms with Crippen LogP contribution in [0.1, 0.15) is 21.5 Å². The van der Waals surface area contributed by atoms with Crippen molar-refractivity contribution in [1.29, 1.82) is 0 Å². The number of ether oxygens (including phenoxy) is 2. The quantitative estimate of drug-likeness (QED) is 0.518. The first-order valence-corrected chi connectivity index (χ1v) is 11.0. The number of esters is 1. The van der Waals surface area contributed by atoms with E-state index in [1.165, 1.54) is 6.20 Å². The van der Waals surface area contributed by atoms with Crippen molar-refractivity contribution in [2.45, 2.75) is 13.5 Å². The van der Waals surface area contributed by atoms with E-state index in [4.69, 9.17) is 9.47 Å². The number of morpholine rings is 1. The lowest BCUT2D eigenvalue weighted by molar-refractivity contribution is -0.121. The number of carbonyl (C=O) groups is 2. The van der Waals surface area contributed by atoms with Gasteiger partial charge in [-0.05, 0) is 42.3 Å². The summed E-state index contributed by atoms with van der Waals surface area (Å²) in [5.41, 5.74) is 3.10. The minimum absolute atomic E-state index is 0.296. The van der Waals surface area contributed by atoms with Gasteiger partial charge in [0.05, 0.1) is 25.3 Å². The number of aromatic nitrogens is 1. The number of amides is 1. The molecule has 0 unspecified atom stereocenters. The molecule has 0 bridgehead atoms. The summed E-state index contributed by atoms with van der Waals surface area (Å²) in [6.45, 7) is 4.86. The summed E-state index contributed by atoms with van der Waals surface area (Å²) in [7, 11) is 0. The van der Waals surface area contributed by atoms with Crippen molar-refractivity contribution in [2.75, 3.05) is 42.7 Å². The van der Waals surface area contributed by atoms with Crippen molar-refractivity contribution in [1.82, 2.24) is 4.98 Å². The monoisotopic (exact) mass is 445 g/mol. The fraction of sp³-hybridized carbons (Fsp3) is 0.269. The molecule has 2 aromatic carbocycles. The predicted octanol–water partition coefficient (Wildman–Crippen LogP) is 3.62. The fourth-order valence-corrected chi connectivity index (χ4v) is 3.66. The Balaban J connectivity index is 1.41. The third kappa shape index (κ3) is 5.96. The molecule has 7 nitrogen and oxygen atoms in total. The zero-order valence-corrected chi connectivity index (χ0v) is 18.6. The first-order valence-electron chi connectivity index (χ1n) is 11.0. The van der Waals surface area contributed by atoms with Crippen LogP contribution in [-0.4, -0.2) is 49.8 Å². The Kier molecular flexibility index (Phi) is 7.32. The average Bonchev–Trinajstić information content (AvgIpc) is 2.87. The van der Waals surface area contributed by atoms with Gasteiger partial charge in [0.15, 0.2) is 6.61 Å². The number of hydrogen-bond donors (Lipinski definition) is 0. The van der Waals surface area contributed by atoms with Gasteiger partial charge in [-0.25, -0.2) is 9.78 Å². The minimum atomic E-state index is -0.576. The van der Waals surface area contributed by atoms with Gasteiger partial charge in [-0.1, -0.05) is 42.5 Å². The highest BCUT2D eigenvalue weighted by Crippen LogP contribution is 2.20. The van der Waals surface area contributed by atoms with Crippen LogP contribution in [0.15, 0.2) is 72.9 Å². The molecular formula is C26H27N3O4. The van der Waals surface area contributed by atoms with E-state index in [9.17, 15) is 9.59 Å². The van der Waals surface area contributed by atoms with Gasteiger partial charge >= 0.3 is 5.97 Å². The number of carbonyl (C=O) groups excluding carboxylic acids is 2. The highest BCUT2D eigenvalue weighted by molar-refractivity contribution is 5.97. The van der Waals surface area contributed by atoms with Gasteiger partial charge in [0.2, 0.25) is 0 Å². The Bertz CT molecular complexity index is 1080. The second-order valence-corrected chi connectivity index (χ2v) is 7.89. The number of benzene rings is 2. The van der Waals surface area contributed by atoms with E-state index in [-0.39, 0.29) is 12.5 Å². The minimum Gasteiger partial charge on any atom is -0.452 e. The first kappa shape index (κ1) is 22.5. The van der Waals surface area contributed by atoms with E-state index < -0.39 is 5.97 Å². The summed E-state index contributed by atoms with van der Waals surface area (Å²) < 4.78 is 10.7. The molecule has 0 N–H and O–H groups in total. The molecular weight excluding hydrogens is 418 g/mol. The highest BCUT2D eigenvalue weighted by atomic mass is 16.5. The molecule has 1 fully saturated rings. The van der Waals surface area contributed by atoms with E-state index in [0.29, 0.717) is 25.3 Å². The Morgan fingerprint density at radius 2 is 1.82 bits per heavy atom. The Morgan fingerprint density at radius 3 is 2.52 bits per heavy atom. The van der Waals surface area contributed by atoms with Gasteiger partial charge in [0, 0.05) is 25.0 Å². The van der Waals surface area contributed by atoms with Crippen molar-refractivity contribution in [3.8, 4) is 0 Å². The molecule has 1 aromatic heterocycles. The van der Waals surface area contributed by atoms with Crippen molar-refractivity contribution in [3.63, 3.8) is 0 Å². The van der Waals surface area contributed by atoms with E-state index in [0.717, 1.165) is 35.7 Å². The molecule has 0 aliphatic carbocycles.